The van der Waals surface area contributed by atoms with E-state index in [0.717, 1.165) is 12.1 Å². The summed E-state index contributed by atoms with van der Waals surface area (Å²) in [4.78, 5) is 13.7. The van der Waals surface area contributed by atoms with Gasteiger partial charge < -0.3 is 14.7 Å². The van der Waals surface area contributed by atoms with Crippen molar-refractivity contribution < 1.29 is 27.8 Å². The van der Waals surface area contributed by atoms with Crippen LogP contribution in [-0.4, -0.2) is 41.8 Å². The van der Waals surface area contributed by atoms with E-state index in [0.29, 0.717) is 12.0 Å². The van der Waals surface area contributed by atoms with Crippen LogP contribution in [0, 0.1) is 12.3 Å². The van der Waals surface area contributed by atoms with Crippen LogP contribution in [-0.2, 0) is 15.7 Å². The maximum absolute atomic E-state index is 12.6. The van der Waals surface area contributed by atoms with Gasteiger partial charge in [0.15, 0.2) is 0 Å². The first-order valence-electron chi connectivity index (χ1n) is 7.49. The lowest BCUT2D eigenvalue weighted by atomic mass is 10.0. The number of halogens is 3. The molecule has 4 nitrogen and oxygen atoms in total. The second-order valence-corrected chi connectivity index (χ2v) is 5.58. The number of carbonyl (C=O) groups is 1. The Balaban J connectivity index is 2.07. The van der Waals surface area contributed by atoms with E-state index in [1.807, 2.05) is 0 Å². The summed E-state index contributed by atoms with van der Waals surface area (Å²) in [7, 11) is 0. The van der Waals surface area contributed by atoms with Crippen molar-refractivity contribution in [3.63, 3.8) is 0 Å². The Labute approximate surface area is 138 Å². The quantitative estimate of drug-likeness (QED) is 0.661. The molecule has 0 bridgehead atoms. The van der Waals surface area contributed by atoms with Gasteiger partial charge in [-0.3, -0.25) is 4.79 Å². The molecule has 1 aliphatic heterocycles. The van der Waals surface area contributed by atoms with Crippen LogP contribution >= 0.6 is 0 Å². The van der Waals surface area contributed by atoms with Gasteiger partial charge in [0.25, 0.3) is 0 Å². The molecule has 0 saturated carbocycles. The number of hydrogen-bond donors (Lipinski definition) is 1. The molecule has 1 fully saturated rings. The Morgan fingerprint density at radius 1 is 1.38 bits per heavy atom. The Morgan fingerprint density at radius 2 is 2.04 bits per heavy atom. The first-order valence-corrected chi connectivity index (χ1v) is 7.49. The average Bonchev–Trinajstić information content (AvgIpc) is 2.93. The Morgan fingerprint density at radius 3 is 2.62 bits per heavy atom. The van der Waals surface area contributed by atoms with Gasteiger partial charge in [-0.2, -0.15) is 13.2 Å². The third-order valence-electron chi connectivity index (χ3n) is 3.87. The van der Waals surface area contributed by atoms with E-state index >= 15 is 0 Å². The van der Waals surface area contributed by atoms with E-state index < -0.39 is 23.9 Å². The lowest BCUT2D eigenvalue weighted by Gasteiger charge is -2.25. The number of carbonyl (C=O) groups excluding carboxylic acids is 1. The molecule has 0 spiro atoms. The van der Waals surface area contributed by atoms with Crippen molar-refractivity contribution in [2.45, 2.75) is 31.2 Å². The average molecular weight is 341 g/mol. The summed E-state index contributed by atoms with van der Waals surface area (Å²) in [5.74, 6) is 2.06. The normalized spacial score (nSPS) is 20.9. The molecule has 1 N–H and O–H groups in total. The summed E-state index contributed by atoms with van der Waals surface area (Å²) in [5.41, 5.74) is -0.178. The number of aliphatic hydroxyl groups is 1. The Kier molecular flexibility index (Phi) is 5.86. The SMILES string of the molecule is C#CCOCCC(=O)N1C[C@H](O)C[C@H]1c1ccc(C(F)(F)F)cc1. The molecule has 0 aromatic heterocycles. The second kappa shape index (κ2) is 7.69. The zero-order valence-electron chi connectivity index (χ0n) is 12.9. The first kappa shape index (κ1) is 18.3. The lowest BCUT2D eigenvalue weighted by Crippen LogP contribution is -2.32. The highest BCUT2D eigenvalue weighted by Gasteiger charge is 2.36. The predicted molar refractivity (Wildman–Crippen MR) is 80.8 cm³/mol. The molecule has 0 aliphatic carbocycles. The van der Waals surface area contributed by atoms with Crippen LogP contribution in [0.25, 0.3) is 0 Å². The van der Waals surface area contributed by atoms with Crippen LogP contribution in [0.15, 0.2) is 24.3 Å². The van der Waals surface area contributed by atoms with Gasteiger partial charge in [0.1, 0.15) is 6.61 Å². The molecule has 1 saturated heterocycles. The first-order chi connectivity index (χ1) is 11.3. The van der Waals surface area contributed by atoms with Gasteiger partial charge in [0, 0.05) is 6.54 Å². The molecule has 0 unspecified atom stereocenters. The number of likely N-dealkylation sites (tertiary alicyclic amines) is 1. The minimum atomic E-state index is -4.41. The van der Waals surface area contributed by atoms with Gasteiger partial charge in [-0.05, 0) is 24.1 Å². The predicted octanol–water partition coefficient (Wildman–Crippen LogP) is 2.38. The molecule has 7 heteroatoms. The monoisotopic (exact) mass is 341 g/mol. The number of benzene rings is 1. The molecule has 2 atom stereocenters. The van der Waals surface area contributed by atoms with E-state index in [1.54, 1.807) is 0 Å². The van der Waals surface area contributed by atoms with Gasteiger partial charge in [-0.1, -0.05) is 18.1 Å². The van der Waals surface area contributed by atoms with Crippen molar-refractivity contribution in [1.29, 1.82) is 0 Å². The Hall–Kier alpha value is -2.04. The van der Waals surface area contributed by atoms with Crippen LogP contribution in [0.5, 0.6) is 0 Å². The van der Waals surface area contributed by atoms with Crippen LogP contribution in [0.4, 0.5) is 13.2 Å². The molecule has 1 heterocycles. The number of aliphatic hydroxyl groups excluding tert-OH is 1. The largest absolute Gasteiger partial charge is 0.416 e. The number of amides is 1. The van der Waals surface area contributed by atoms with Crippen molar-refractivity contribution in [3.8, 4) is 12.3 Å². The molecule has 0 radical (unpaired) electrons. The number of β-amino-alcohol motifs (C(OH)–C–C–N with tert-alkyl or cyclic N) is 1. The third-order valence-corrected chi connectivity index (χ3v) is 3.87. The summed E-state index contributed by atoms with van der Waals surface area (Å²) in [5, 5.41) is 9.84. The van der Waals surface area contributed by atoms with Crippen molar-refractivity contribution in [3.05, 3.63) is 35.4 Å². The zero-order chi connectivity index (χ0) is 17.7. The fourth-order valence-electron chi connectivity index (χ4n) is 2.73. The van der Waals surface area contributed by atoms with Crippen LogP contribution in [0.3, 0.4) is 0 Å². The lowest BCUT2D eigenvalue weighted by molar-refractivity contribution is -0.137. The van der Waals surface area contributed by atoms with Crippen LogP contribution < -0.4 is 0 Å². The summed E-state index contributed by atoms with van der Waals surface area (Å²) in [6.07, 6.45) is 0.334. The highest BCUT2D eigenvalue weighted by molar-refractivity contribution is 5.77. The van der Waals surface area contributed by atoms with E-state index in [1.165, 1.54) is 17.0 Å². The van der Waals surface area contributed by atoms with Gasteiger partial charge in [0.2, 0.25) is 5.91 Å². The molecule has 130 valence electrons. The van der Waals surface area contributed by atoms with E-state index in [2.05, 4.69) is 5.92 Å². The zero-order valence-corrected chi connectivity index (χ0v) is 12.9. The van der Waals surface area contributed by atoms with E-state index in [9.17, 15) is 23.1 Å². The minimum Gasteiger partial charge on any atom is -0.391 e. The highest BCUT2D eigenvalue weighted by Crippen LogP contribution is 2.35. The standard InChI is InChI=1S/C17H18F3NO3/c1-2-8-24-9-7-16(23)21-11-14(22)10-15(21)12-3-5-13(6-4-12)17(18,19)20/h1,3-6,14-15,22H,7-11H2/t14-,15+/m1/s1. The van der Waals surface area contributed by atoms with Crippen LogP contribution in [0.1, 0.15) is 30.0 Å². The van der Waals surface area contributed by atoms with Crippen molar-refractivity contribution in [2.24, 2.45) is 0 Å². The maximum Gasteiger partial charge on any atom is 0.416 e. The van der Waals surface area contributed by atoms with Gasteiger partial charge >= 0.3 is 6.18 Å². The number of hydrogen-bond acceptors (Lipinski definition) is 3. The van der Waals surface area contributed by atoms with E-state index in [-0.39, 0.29) is 32.1 Å². The van der Waals surface area contributed by atoms with E-state index in [4.69, 9.17) is 11.2 Å². The highest BCUT2D eigenvalue weighted by atomic mass is 19.4. The van der Waals surface area contributed by atoms with Crippen molar-refractivity contribution in [1.82, 2.24) is 4.90 Å². The smallest absolute Gasteiger partial charge is 0.391 e. The molecule has 1 aromatic carbocycles. The fourth-order valence-corrected chi connectivity index (χ4v) is 2.73. The van der Waals surface area contributed by atoms with Crippen molar-refractivity contribution >= 4 is 5.91 Å². The summed E-state index contributed by atoms with van der Waals surface area (Å²) >= 11 is 0. The third kappa shape index (κ3) is 4.49. The molecule has 24 heavy (non-hydrogen) atoms. The summed E-state index contributed by atoms with van der Waals surface area (Å²) in [6, 6.07) is 4.22. The van der Waals surface area contributed by atoms with Crippen molar-refractivity contribution in [2.75, 3.05) is 19.8 Å². The number of terminal acetylenes is 1. The molecule has 1 aromatic rings. The van der Waals surface area contributed by atoms with Gasteiger partial charge in [-0.25, -0.2) is 0 Å². The molecule has 2 rings (SSSR count). The molecule has 1 amide bonds. The second-order valence-electron chi connectivity index (χ2n) is 5.58. The molecular formula is C17H18F3NO3. The van der Waals surface area contributed by atoms with Gasteiger partial charge in [-0.15, -0.1) is 6.42 Å². The number of nitrogens with zero attached hydrogens (tertiary/aromatic N) is 1. The topological polar surface area (TPSA) is 49.8 Å². The fraction of sp³-hybridized carbons (Fsp3) is 0.471. The van der Waals surface area contributed by atoms with Crippen LogP contribution in [0.2, 0.25) is 0 Å². The van der Waals surface area contributed by atoms with Gasteiger partial charge in [0.05, 0.1) is 30.7 Å². The maximum atomic E-state index is 12.6. The Bertz CT molecular complexity index is 607. The minimum absolute atomic E-state index is 0.103. The molecular weight excluding hydrogens is 323 g/mol. The number of rotatable bonds is 5. The molecule has 1 aliphatic rings. The summed E-state index contributed by atoms with van der Waals surface area (Å²) in [6.45, 7) is 0.424. The number of alkyl halides is 3. The summed E-state index contributed by atoms with van der Waals surface area (Å²) < 4.78 is 43.0. The number of ether oxygens (including phenoxy) is 1.